The number of rotatable bonds is 16. The van der Waals surface area contributed by atoms with E-state index >= 15 is 0 Å². The Kier molecular flexibility index (Phi) is 15.6. The number of thiol groups is 1. The highest BCUT2D eigenvalue weighted by Crippen LogP contribution is 2.44. The van der Waals surface area contributed by atoms with Crippen molar-refractivity contribution in [2.45, 2.75) is 45.3 Å². The van der Waals surface area contributed by atoms with Gasteiger partial charge in [-0.15, -0.1) is 47.0 Å². The zero-order chi connectivity index (χ0) is 35.5. The topological polar surface area (TPSA) is 136 Å². The monoisotopic (exact) mass is 770 g/mol. The fourth-order valence-electron chi connectivity index (χ4n) is 3.92. The van der Waals surface area contributed by atoms with Crippen molar-refractivity contribution in [3.8, 4) is 0 Å². The van der Waals surface area contributed by atoms with Crippen molar-refractivity contribution in [2.24, 2.45) is 11.5 Å². The van der Waals surface area contributed by atoms with Crippen LogP contribution in [0.4, 0.5) is 37.7 Å². The number of benzene rings is 2. The van der Waals surface area contributed by atoms with Gasteiger partial charge in [0, 0.05) is 56.0 Å². The zero-order valence-corrected chi connectivity index (χ0v) is 29.5. The normalized spacial score (nSPS) is 11.9. The Balaban J connectivity index is 1.96. The third-order valence-electron chi connectivity index (χ3n) is 5.96. The summed E-state index contributed by atoms with van der Waals surface area (Å²) in [7, 11) is 0. The summed E-state index contributed by atoms with van der Waals surface area (Å²) < 4.78 is 83.9. The van der Waals surface area contributed by atoms with Crippen LogP contribution in [0.5, 0.6) is 0 Å². The van der Waals surface area contributed by atoms with Crippen molar-refractivity contribution in [3.63, 3.8) is 0 Å². The van der Waals surface area contributed by atoms with E-state index in [2.05, 4.69) is 33.2 Å². The number of halogens is 6. The molecule has 3 aromatic rings. The smallest absolute Gasteiger partial charge is 0.330 e. The lowest BCUT2D eigenvalue weighted by Crippen LogP contribution is -2.20. The molecule has 0 aliphatic rings. The number of anilines is 2. The highest BCUT2D eigenvalue weighted by Gasteiger charge is 2.36. The van der Waals surface area contributed by atoms with Gasteiger partial charge in [-0.3, -0.25) is 9.59 Å². The average Bonchev–Trinajstić information content (AvgIpc) is 3.04. The number of aromatic nitrogens is 2. The zero-order valence-electron chi connectivity index (χ0n) is 25.3. The summed E-state index contributed by atoms with van der Waals surface area (Å²) in [6.45, 7) is 2.22. The second-order valence-corrected chi connectivity index (χ2v) is 14.6. The fourth-order valence-corrected chi connectivity index (χ4v) is 7.75. The van der Waals surface area contributed by atoms with Gasteiger partial charge in [-0.1, -0.05) is 6.92 Å². The van der Waals surface area contributed by atoms with Crippen LogP contribution in [0.1, 0.15) is 45.4 Å². The van der Waals surface area contributed by atoms with Gasteiger partial charge in [-0.25, -0.2) is 9.97 Å². The van der Waals surface area contributed by atoms with E-state index < -0.39 is 35.3 Å². The first kappa shape index (κ1) is 40.1. The van der Waals surface area contributed by atoms with E-state index in [0.29, 0.717) is 39.2 Å². The lowest BCUT2D eigenvalue weighted by molar-refractivity contribution is -0.140. The van der Waals surface area contributed by atoms with Gasteiger partial charge in [0.2, 0.25) is 0 Å². The van der Waals surface area contributed by atoms with Crippen LogP contribution in [0.15, 0.2) is 56.2 Å². The minimum atomic E-state index is -4.74. The van der Waals surface area contributed by atoms with Gasteiger partial charge in [0.1, 0.15) is 17.7 Å². The Labute approximate surface area is 295 Å². The molecule has 0 saturated carbocycles. The van der Waals surface area contributed by atoms with Gasteiger partial charge in [-0.05, 0) is 42.2 Å². The third kappa shape index (κ3) is 11.4. The number of nitrogens with zero attached hydrogens (tertiary/aromatic N) is 2. The van der Waals surface area contributed by atoms with E-state index in [4.69, 9.17) is 11.5 Å². The van der Waals surface area contributed by atoms with Gasteiger partial charge in [0.15, 0.2) is 0 Å². The van der Waals surface area contributed by atoms with E-state index in [1.165, 1.54) is 23.9 Å². The Morgan fingerprint density at radius 3 is 1.50 bits per heavy atom. The number of carbonyl (C=O) groups is 2. The number of amides is 2. The maximum atomic E-state index is 14.0. The largest absolute Gasteiger partial charge is 0.417 e. The molecule has 48 heavy (non-hydrogen) atoms. The second kappa shape index (κ2) is 18.6. The molecule has 0 radical (unpaired) electrons. The Morgan fingerprint density at radius 1 is 0.688 bits per heavy atom. The van der Waals surface area contributed by atoms with E-state index in [-0.39, 0.29) is 51.4 Å². The predicted octanol–water partition coefficient (Wildman–Crippen LogP) is 7.64. The quantitative estimate of drug-likeness (QED) is 0.0562. The van der Waals surface area contributed by atoms with Crippen LogP contribution in [-0.2, 0) is 12.4 Å². The van der Waals surface area contributed by atoms with Crippen molar-refractivity contribution >= 4 is 82.9 Å². The molecule has 1 aromatic heterocycles. The van der Waals surface area contributed by atoms with Crippen LogP contribution in [0.2, 0.25) is 0 Å². The molecule has 262 valence electrons. The molecule has 2 aromatic carbocycles. The van der Waals surface area contributed by atoms with Crippen LogP contribution in [0.3, 0.4) is 0 Å². The number of nitrogens with one attached hydrogen (secondary N) is 2. The fraction of sp³-hybridized carbons (Fsp3) is 0.379. The lowest BCUT2D eigenvalue weighted by atomic mass is 10.1. The molecule has 0 saturated heterocycles. The molecule has 0 atom stereocenters. The summed E-state index contributed by atoms with van der Waals surface area (Å²) in [5, 5.41) is 4.89. The predicted molar refractivity (Wildman–Crippen MR) is 186 cm³/mol. The Hall–Kier alpha value is -2.29. The number of thioether (sulfide) groups is 4. The van der Waals surface area contributed by atoms with E-state index in [1.807, 2.05) is 6.92 Å². The lowest BCUT2D eigenvalue weighted by Gasteiger charge is -2.18. The maximum Gasteiger partial charge on any atom is 0.417 e. The summed E-state index contributed by atoms with van der Waals surface area (Å²) in [6.07, 6.45) is -7.89. The third-order valence-corrected chi connectivity index (χ3v) is 11.0. The van der Waals surface area contributed by atoms with E-state index in [1.54, 1.807) is 0 Å². The van der Waals surface area contributed by atoms with Crippen LogP contribution in [-0.4, -0.2) is 63.6 Å². The number of hydrogen-bond donors (Lipinski definition) is 5. The van der Waals surface area contributed by atoms with Crippen LogP contribution in [0.25, 0.3) is 0 Å². The molecule has 8 nitrogen and oxygen atoms in total. The number of carbonyl (C=O) groups excluding carboxylic acids is 2. The summed E-state index contributed by atoms with van der Waals surface area (Å²) in [5.74, 6) is 0.0270. The SMILES string of the molecule is CCCSc1cc(SCCS)c(NC(=O)c2cc(C(=O)Nc3cc(C(F)(F)F)c(SCCN)cc3SCCN)ncn2)cc1C(F)(F)F. The number of alkyl halides is 6. The molecule has 0 unspecified atom stereocenters. The minimum Gasteiger partial charge on any atom is -0.330 e. The molecule has 0 fully saturated rings. The molecule has 0 bridgehead atoms. The summed E-state index contributed by atoms with van der Waals surface area (Å²) >= 11 is 8.50. The molecule has 0 aliphatic heterocycles. The summed E-state index contributed by atoms with van der Waals surface area (Å²) in [6, 6.07) is 5.35. The van der Waals surface area contributed by atoms with E-state index in [9.17, 15) is 35.9 Å². The van der Waals surface area contributed by atoms with Crippen molar-refractivity contribution < 1.29 is 35.9 Å². The standard InChI is InChI=1S/C29H32F6N6O2S5/c1-2-6-45-22-13-25(48-9-5-44)19(10-16(22)28(30,31)32)41-27(43)21-12-20(38-15-39-21)26(42)40-18-11-17(29(33,34)35)23(46-7-3-36)14-24(18)47-8-4-37/h10-15,44H,2-9,36-37H2,1H3,(H,40,42)(H,41,43). The molecule has 0 aliphatic carbocycles. The first-order chi connectivity index (χ1) is 22.7. The van der Waals surface area contributed by atoms with Gasteiger partial charge in [0.05, 0.1) is 22.5 Å². The van der Waals surface area contributed by atoms with Gasteiger partial charge in [-0.2, -0.15) is 39.0 Å². The summed E-state index contributed by atoms with van der Waals surface area (Å²) in [5.41, 5.74) is 8.21. The van der Waals surface area contributed by atoms with Crippen molar-refractivity contribution in [2.75, 3.05) is 52.5 Å². The van der Waals surface area contributed by atoms with Gasteiger partial charge < -0.3 is 22.1 Å². The second-order valence-electron chi connectivity index (χ2n) is 9.58. The minimum absolute atomic E-state index is 0.0219. The van der Waals surface area contributed by atoms with Crippen molar-refractivity contribution in [1.82, 2.24) is 9.97 Å². The van der Waals surface area contributed by atoms with Crippen LogP contribution in [0, 0.1) is 0 Å². The van der Waals surface area contributed by atoms with E-state index in [0.717, 1.165) is 59.8 Å². The van der Waals surface area contributed by atoms with Crippen LogP contribution >= 0.6 is 59.7 Å². The average molecular weight is 771 g/mol. The first-order valence-electron chi connectivity index (χ1n) is 14.2. The highest BCUT2D eigenvalue weighted by molar-refractivity contribution is 8.01. The summed E-state index contributed by atoms with van der Waals surface area (Å²) in [4.78, 5) is 34.9. The molecule has 0 spiro atoms. The highest BCUT2D eigenvalue weighted by atomic mass is 32.2. The molecular formula is C29H32F6N6O2S5. The molecule has 3 rings (SSSR count). The molecule has 1 heterocycles. The number of nitrogens with two attached hydrogens (primary N) is 2. The maximum absolute atomic E-state index is 14.0. The first-order valence-corrected chi connectivity index (χ1v) is 18.8. The Bertz CT molecular complexity index is 1470. The van der Waals surface area contributed by atoms with Crippen molar-refractivity contribution in [1.29, 1.82) is 0 Å². The molecule has 19 heteroatoms. The Morgan fingerprint density at radius 2 is 1.10 bits per heavy atom. The number of hydrogen-bond acceptors (Lipinski definition) is 11. The van der Waals surface area contributed by atoms with Crippen LogP contribution < -0.4 is 22.1 Å². The van der Waals surface area contributed by atoms with Gasteiger partial charge in [0.25, 0.3) is 11.8 Å². The molecular weight excluding hydrogens is 739 g/mol. The van der Waals surface area contributed by atoms with Gasteiger partial charge >= 0.3 is 12.4 Å². The van der Waals surface area contributed by atoms with Crippen molar-refractivity contribution in [3.05, 3.63) is 59.2 Å². The molecule has 6 N–H and O–H groups in total. The molecule has 2 amide bonds.